The molecule has 0 amide bonds. The van der Waals surface area contributed by atoms with Crippen molar-refractivity contribution >= 4 is 32.5 Å². The molecule has 0 aliphatic heterocycles. The number of aryl methyl sites for hydroxylation is 1. The standard InChI is InChI=1S/C19H21ClN2O2S/c1-13-5-4-6-15(9-13)25(23,24)22-12-19(2,3)17-11-21-18-10-14(20)7-8-16(17)18/h4-11,21-22H,12H2,1-3H3. The van der Waals surface area contributed by atoms with Gasteiger partial charge in [-0.25, -0.2) is 13.1 Å². The average Bonchev–Trinajstić information content (AvgIpc) is 2.97. The van der Waals surface area contributed by atoms with Crippen LogP contribution in [0.25, 0.3) is 10.9 Å². The average molecular weight is 377 g/mol. The fourth-order valence-corrected chi connectivity index (χ4v) is 4.38. The topological polar surface area (TPSA) is 62.0 Å². The first-order valence-electron chi connectivity index (χ1n) is 8.02. The normalized spacial score (nSPS) is 12.6. The highest BCUT2D eigenvalue weighted by Crippen LogP contribution is 2.31. The largest absolute Gasteiger partial charge is 0.361 e. The first kappa shape index (κ1) is 18.0. The number of rotatable bonds is 5. The summed E-state index contributed by atoms with van der Waals surface area (Å²) in [6, 6.07) is 12.6. The molecule has 4 nitrogen and oxygen atoms in total. The molecule has 0 saturated carbocycles. The van der Waals surface area contributed by atoms with Gasteiger partial charge in [0.1, 0.15) is 0 Å². The Balaban J connectivity index is 1.86. The van der Waals surface area contributed by atoms with Crippen LogP contribution in [-0.2, 0) is 15.4 Å². The third-order valence-corrected chi connectivity index (χ3v) is 6.01. The molecule has 0 aliphatic rings. The number of nitrogens with one attached hydrogen (secondary N) is 2. The second kappa shape index (κ2) is 6.48. The zero-order valence-corrected chi connectivity index (χ0v) is 16.0. The van der Waals surface area contributed by atoms with Crippen LogP contribution in [0.4, 0.5) is 0 Å². The maximum Gasteiger partial charge on any atom is 0.240 e. The van der Waals surface area contributed by atoms with E-state index in [2.05, 4.69) is 9.71 Å². The third-order valence-electron chi connectivity index (χ3n) is 4.38. The number of fused-ring (bicyclic) bond motifs is 1. The van der Waals surface area contributed by atoms with Crippen LogP contribution in [0.15, 0.2) is 53.6 Å². The SMILES string of the molecule is Cc1cccc(S(=O)(=O)NCC(C)(C)c2c[nH]c3cc(Cl)ccc23)c1. The van der Waals surface area contributed by atoms with Gasteiger partial charge in [0.15, 0.2) is 0 Å². The second-order valence-electron chi connectivity index (χ2n) is 6.92. The van der Waals surface area contributed by atoms with Gasteiger partial charge in [0.25, 0.3) is 0 Å². The van der Waals surface area contributed by atoms with Crippen molar-refractivity contribution in [1.82, 2.24) is 9.71 Å². The fraction of sp³-hybridized carbons (Fsp3) is 0.263. The van der Waals surface area contributed by atoms with Gasteiger partial charge in [0, 0.05) is 34.1 Å². The maximum atomic E-state index is 12.6. The van der Waals surface area contributed by atoms with E-state index in [4.69, 9.17) is 11.6 Å². The van der Waals surface area contributed by atoms with Crippen LogP contribution in [0.1, 0.15) is 25.0 Å². The van der Waals surface area contributed by atoms with Crippen molar-refractivity contribution < 1.29 is 8.42 Å². The summed E-state index contributed by atoms with van der Waals surface area (Å²) in [6.45, 7) is 6.20. The van der Waals surface area contributed by atoms with Crippen LogP contribution in [0.5, 0.6) is 0 Å². The number of aromatic amines is 1. The number of hydrogen-bond donors (Lipinski definition) is 2. The van der Waals surface area contributed by atoms with Gasteiger partial charge < -0.3 is 4.98 Å². The highest BCUT2D eigenvalue weighted by Gasteiger charge is 2.26. The Bertz CT molecular complexity index is 1020. The van der Waals surface area contributed by atoms with Gasteiger partial charge in [-0.05, 0) is 42.3 Å². The highest BCUT2D eigenvalue weighted by atomic mass is 35.5. The first-order valence-corrected chi connectivity index (χ1v) is 9.89. The molecule has 0 saturated heterocycles. The Morgan fingerprint density at radius 3 is 2.64 bits per heavy atom. The summed E-state index contributed by atoms with van der Waals surface area (Å²) in [5.41, 5.74) is 2.52. The predicted molar refractivity (Wildman–Crippen MR) is 103 cm³/mol. The van der Waals surface area contributed by atoms with Crippen LogP contribution in [0.3, 0.4) is 0 Å². The molecule has 1 aromatic heterocycles. The van der Waals surface area contributed by atoms with Gasteiger partial charge in [-0.1, -0.05) is 43.6 Å². The lowest BCUT2D eigenvalue weighted by Crippen LogP contribution is -2.36. The molecule has 3 aromatic rings. The Morgan fingerprint density at radius 2 is 1.92 bits per heavy atom. The molecule has 2 N–H and O–H groups in total. The van der Waals surface area contributed by atoms with Crippen LogP contribution >= 0.6 is 11.6 Å². The van der Waals surface area contributed by atoms with E-state index in [0.717, 1.165) is 22.0 Å². The summed E-state index contributed by atoms with van der Waals surface area (Å²) >= 11 is 6.03. The van der Waals surface area contributed by atoms with Crippen molar-refractivity contribution in [3.8, 4) is 0 Å². The molecular formula is C19H21ClN2O2S. The molecule has 1 heterocycles. The number of H-pyrrole nitrogens is 1. The van der Waals surface area contributed by atoms with Crippen LogP contribution in [-0.4, -0.2) is 19.9 Å². The third kappa shape index (κ3) is 3.73. The van der Waals surface area contributed by atoms with Crippen molar-refractivity contribution in [3.63, 3.8) is 0 Å². The van der Waals surface area contributed by atoms with Gasteiger partial charge in [0.05, 0.1) is 4.90 Å². The summed E-state index contributed by atoms with van der Waals surface area (Å²) in [6.07, 6.45) is 1.92. The van der Waals surface area contributed by atoms with Crippen molar-refractivity contribution in [2.45, 2.75) is 31.1 Å². The molecule has 6 heteroatoms. The van der Waals surface area contributed by atoms with Gasteiger partial charge in [-0.3, -0.25) is 0 Å². The van der Waals surface area contributed by atoms with E-state index in [9.17, 15) is 8.42 Å². The lowest BCUT2D eigenvalue weighted by atomic mass is 9.85. The number of aromatic nitrogens is 1. The zero-order chi connectivity index (χ0) is 18.2. The van der Waals surface area contributed by atoms with E-state index in [1.165, 1.54) is 0 Å². The molecule has 25 heavy (non-hydrogen) atoms. The van der Waals surface area contributed by atoms with E-state index in [1.807, 2.05) is 51.2 Å². The van der Waals surface area contributed by atoms with Crippen molar-refractivity contribution in [2.75, 3.05) is 6.54 Å². The molecule has 2 aromatic carbocycles. The zero-order valence-electron chi connectivity index (χ0n) is 14.4. The van der Waals surface area contributed by atoms with Gasteiger partial charge >= 0.3 is 0 Å². The summed E-state index contributed by atoms with van der Waals surface area (Å²) in [5.74, 6) is 0. The molecule has 0 fully saturated rings. The lowest BCUT2D eigenvalue weighted by molar-refractivity contribution is 0.504. The van der Waals surface area contributed by atoms with Crippen LogP contribution < -0.4 is 4.72 Å². The fourth-order valence-electron chi connectivity index (χ4n) is 2.89. The maximum absolute atomic E-state index is 12.6. The molecular weight excluding hydrogens is 356 g/mol. The molecule has 3 rings (SSSR count). The van der Waals surface area contributed by atoms with E-state index in [-0.39, 0.29) is 10.3 Å². The minimum absolute atomic E-state index is 0.286. The molecule has 0 unspecified atom stereocenters. The van der Waals surface area contributed by atoms with Crippen molar-refractivity contribution in [2.24, 2.45) is 0 Å². The lowest BCUT2D eigenvalue weighted by Gasteiger charge is -2.25. The Morgan fingerprint density at radius 1 is 1.16 bits per heavy atom. The van der Waals surface area contributed by atoms with Gasteiger partial charge in [-0.15, -0.1) is 0 Å². The summed E-state index contributed by atoms with van der Waals surface area (Å²) < 4.78 is 27.9. The Kier molecular flexibility index (Phi) is 4.66. The number of sulfonamides is 1. The van der Waals surface area contributed by atoms with E-state index >= 15 is 0 Å². The van der Waals surface area contributed by atoms with Crippen LogP contribution in [0, 0.1) is 6.92 Å². The van der Waals surface area contributed by atoms with Crippen molar-refractivity contribution in [3.05, 3.63) is 64.8 Å². The molecule has 0 atom stereocenters. The molecule has 0 aliphatic carbocycles. The summed E-state index contributed by atoms with van der Waals surface area (Å²) in [5, 5.41) is 1.71. The van der Waals surface area contributed by atoms with Gasteiger partial charge in [-0.2, -0.15) is 0 Å². The quantitative estimate of drug-likeness (QED) is 0.693. The summed E-state index contributed by atoms with van der Waals surface area (Å²) in [4.78, 5) is 3.50. The molecule has 0 spiro atoms. The molecule has 0 bridgehead atoms. The highest BCUT2D eigenvalue weighted by molar-refractivity contribution is 7.89. The van der Waals surface area contributed by atoms with Crippen LogP contribution in [0.2, 0.25) is 5.02 Å². The molecule has 0 radical (unpaired) electrons. The number of benzene rings is 2. The van der Waals surface area contributed by atoms with E-state index < -0.39 is 10.0 Å². The monoisotopic (exact) mass is 376 g/mol. The Hall–Kier alpha value is -1.82. The first-order chi connectivity index (χ1) is 11.7. The molecule has 132 valence electrons. The minimum atomic E-state index is -3.55. The van der Waals surface area contributed by atoms with Gasteiger partial charge in [0.2, 0.25) is 10.0 Å². The number of hydrogen-bond acceptors (Lipinski definition) is 2. The number of halogens is 1. The summed E-state index contributed by atoms with van der Waals surface area (Å²) in [7, 11) is -3.55. The predicted octanol–water partition coefficient (Wildman–Crippen LogP) is 4.39. The second-order valence-corrected chi connectivity index (χ2v) is 9.12. The van der Waals surface area contributed by atoms with Crippen molar-refractivity contribution in [1.29, 1.82) is 0 Å². The smallest absolute Gasteiger partial charge is 0.240 e. The minimum Gasteiger partial charge on any atom is -0.361 e. The van der Waals surface area contributed by atoms with E-state index in [0.29, 0.717) is 11.6 Å². The Labute approximate surface area is 153 Å². The van der Waals surface area contributed by atoms with E-state index in [1.54, 1.807) is 18.2 Å².